The number of carbonyl (C=O) groups excluding carboxylic acids is 5. The number of allylic oxidation sites excluding steroid dienone is 2. The molecule has 4 fully saturated rings. The average molecular weight is 1350 g/mol. The molecule has 14 heteroatoms. The number of carboxylic acids is 1. The van der Waals surface area contributed by atoms with Crippen LogP contribution in [0.15, 0.2) is 11.3 Å². The number of hydrogen-bond donors (Lipinski definition) is 1. The number of ether oxygens (including phenoxy) is 4. The van der Waals surface area contributed by atoms with Crippen molar-refractivity contribution in [1.29, 1.82) is 0 Å². The Bertz CT molecular complexity index is 1560. The number of hydrogen-bond acceptors (Lipinski definition) is 11. The minimum Gasteiger partial charge on any atom is -0.520 e. The van der Waals surface area contributed by atoms with Crippen LogP contribution in [-0.4, -0.2) is 110 Å². The van der Waals surface area contributed by atoms with Crippen LogP contribution in [0.4, 0.5) is 0 Å². The van der Waals surface area contributed by atoms with E-state index < -0.39 is 23.8 Å². The van der Waals surface area contributed by atoms with E-state index in [0.29, 0.717) is 50.4 Å². The zero-order valence-corrected chi connectivity index (χ0v) is 56.2. The van der Waals surface area contributed by atoms with Crippen LogP contribution < -0.4 is 0 Å². The number of unbranched alkanes of at least 4 members (excludes halogenated alkanes) is 20. The van der Waals surface area contributed by atoms with E-state index in [0.717, 1.165) is 128 Å². The van der Waals surface area contributed by atoms with Crippen LogP contribution in [0.3, 0.4) is 0 Å². The maximum atomic E-state index is 12.7. The Morgan fingerprint density at radius 2 is 0.950 bits per heavy atom. The number of carbonyl (C=O) groups is 5. The molecule has 4 aliphatic rings. The van der Waals surface area contributed by atoms with Crippen molar-refractivity contribution in [2.45, 2.75) is 291 Å². The monoisotopic (exact) mass is 1350 g/mol. The van der Waals surface area contributed by atoms with Crippen molar-refractivity contribution in [3.63, 3.8) is 0 Å². The second-order valence-electron chi connectivity index (χ2n) is 23.5. The Morgan fingerprint density at radius 3 is 1.26 bits per heavy atom. The molecule has 0 radical (unpaired) electrons. The van der Waals surface area contributed by atoms with E-state index in [9.17, 15) is 28.8 Å². The van der Waals surface area contributed by atoms with Crippen molar-refractivity contribution < 1.29 is 83.9 Å². The van der Waals surface area contributed by atoms with Gasteiger partial charge in [0.25, 0.3) is 0 Å². The van der Waals surface area contributed by atoms with E-state index in [1.807, 2.05) is 6.41 Å². The Morgan fingerprint density at radius 1 is 0.537 bits per heavy atom. The van der Waals surface area contributed by atoms with Gasteiger partial charge in [-0.1, -0.05) is 176 Å². The number of nitrogens with zero attached hydrogens (tertiary/aromatic N) is 2. The van der Waals surface area contributed by atoms with Crippen molar-refractivity contribution in [2.75, 3.05) is 53.1 Å². The number of esters is 3. The Kier molecular flexibility index (Phi) is 51.7. The van der Waals surface area contributed by atoms with Crippen LogP contribution in [0, 0.1) is 61.7 Å². The Hall–Kier alpha value is -2.43. The fraction of sp³-hybridized carbons (Fsp3) is 0.864. The minimum absolute atomic E-state index is 0. The number of likely N-dealkylation sites (tertiary alicyclic amines) is 2. The van der Waals surface area contributed by atoms with Crippen LogP contribution in [-0.2, 0) is 47.7 Å². The standard InChI is InChI=1S/C30H52O4.C23H42O6.C7H12NO.C6H12N.U/c1-3-5-7-9-11-13-20-33-29(27-18-19-27)23-25(22-28(31)26-16-15-17-26)24-30(32)34-21-14-12-10-8-6-4-2;1-3-5-7-9-11-13-15-28-22(26)18-20(17-21(24)25)19-23(27)29-16-14-12-10-8-6-4-2;1-2-7-4-3-5-8(7)6-9;1-6-3-4-7(2)5-6;/h25-26H,3-24H2,1-2H3;20H,3-19H2,1-2H3,(H,24,25);7H,2-5H2,1H3;6H,1,3-5H2,2H3;/q;;2*-1;+2. The van der Waals surface area contributed by atoms with Crippen LogP contribution in [0.1, 0.15) is 285 Å². The molecule has 80 heavy (non-hydrogen) atoms. The SMILES string of the molecule is CCC1CCCN1[C-]=O.CCCCCCCCOC(=O)CC(CC(=O)C1CCC1)CC(OCCCCCCCC)=C1CC1.CCCCCCCCOC(=O)CC(CC(=O)O)CC(=O)OCCCCCCCC.[CH2-]C1CCN(C)C1.[U+2]. The first-order valence-corrected chi connectivity index (χ1v) is 32.5. The van der Waals surface area contributed by atoms with Gasteiger partial charge in [-0.15, -0.1) is 0 Å². The third-order valence-corrected chi connectivity index (χ3v) is 15.8. The quantitative estimate of drug-likeness (QED) is 0.0202. The molecule has 0 spiro atoms. The van der Waals surface area contributed by atoms with Gasteiger partial charge in [-0.05, 0) is 121 Å². The summed E-state index contributed by atoms with van der Waals surface area (Å²) >= 11 is 0. The first-order chi connectivity index (χ1) is 38.3. The maximum Gasteiger partial charge on any atom is 2.00 e. The molecule has 3 unspecified atom stereocenters. The number of rotatable bonds is 44. The average Bonchev–Trinajstić information content (AvgIpc) is 4.02. The Balaban J connectivity index is 0.00000121. The van der Waals surface area contributed by atoms with E-state index >= 15 is 0 Å². The van der Waals surface area contributed by atoms with Crippen molar-refractivity contribution >= 4 is 36.1 Å². The molecular weight excluding hydrogens is 1230 g/mol. The number of ketones is 1. The molecule has 3 atom stereocenters. The summed E-state index contributed by atoms with van der Waals surface area (Å²) in [5.74, 6) is -0.271. The molecule has 2 aliphatic carbocycles. The second-order valence-corrected chi connectivity index (χ2v) is 23.5. The van der Waals surface area contributed by atoms with Gasteiger partial charge >= 0.3 is 55.0 Å². The van der Waals surface area contributed by atoms with Crippen molar-refractivity contribution in [3.05, 3.63) is 18.3 Å². The fourth-order valence-corrected chi connectivity index (χ4v) is 10.3. The van der Waals surface area contributed by atoms with Gasteiger partial charge in [0, 0.05) is 44.4 Å². The summed E-state index contributed by atoms with van der Waals surface area (Å²) in [6.45, 7) is 20.2. The largest absolute Gasteiger partial charge is 2.00 e. The first kappa shape index (κ1) is 77.6. The minimum atomic E-state index is -1.03. The molecular formula is C66H118N2O11U. The molecule has 2 saturated heterocycles. The molecule has 2 saturated carbocycles. The number of aliphatic carboxylic acids is 1. The van der Waals surface area contributed by atoms with Gasteiger partial charge in [0.15, 0.2) is 0 Å². The maximum absolute atomic E-state index is 12.7. The number of amides is 1. The van der Waals surface area contributed by atoms with Gasteiger partial charge in [0.05, 0.1) is 32.2 Å². The van der Waals surface area contributed by atoms with E-state index in [2.05, 4.69) is 53.5 Å². The molecule has 0 aromatic rings. The molecule has 0 aromatic heterocycles. The summed E-state index contributed by atoms with van der Waals surface area (Å²) in [5.41, 5.74) is 1.40. The second kappa shape index (κ2) is 53.3. The van der Waals surface area contributed by atoms with Crippen LogP contribution in [0.5, 0.6) is 0 Å². The van der Waals surface area contributed by atoms with Crippen molar-refractivity contribution in [3.8, 4) is 0 Å². The number of carboxylic acid groups (broad SMARTS) is 1. The topological polar surface area (TPSA) is 166 Å². The summed E-state index contributed by atoms with van der Waals surface area (Å²) in [6.07, 6.45) is 41.1. The first-order valence-electron chi connectivity index (χ1n) is 32.5. The normalized spacial score (nSPS) is 16.8. The zero-order valence-electron chi connectivity index (χ0n) is 52.0. The van der Waals surface area contributed by atoms with E-state index in [4.69, 9.17) is 24.1 Å². The van der Waals surface area contributed by atoms with Crippen molar-refractivity contribution in [2.24, 2.45) is 23.7 Å². The van der Waals surface area contributed by atoms with E-state index in [1.165, 1.54) is 128 Å². The predicted octanol–water partition coefficient (Wildman–Crippen LogP) is 15.8. The molecule has 1 N–H and O–H groups in total. The summed E-state index contributed by atoms with van der Waals surface area (Å²) < 4.78 is 22.2. The third-order valence-electron chi connectivity index (χ3n) is 15.8. The smallest absolute Gasteiger partial charge is 0.520 e. The third kappa shape index (κ3) is 44.1. The summed E-state index contributed by atoms with van der Waals surface area (Å²) in [5, 5.41) is 9.04. The van der Waals surface area contributed by atoms with Gasteiger partial charge in [-0.25, -0.2) is 0 Å². The van der Waals surface area contributed by atoms with Gasteiger partial charge in [-0.2, -0.15) is 12.3 Å². The van der Waals surface area contributed by atoms with Gasteiger partial charge < -0.3 is 45.6 Å². The zero-order chi connectivity index (χ0) is 58.1. The molecule has 2 aliphatic heterocycles. The predicted molar refractivity (Wildman–Crippen MR) is 320 cm³/mol. The summed E-state index contributed by atoms with van der Waals surface area (Å²) in [6, 6.07) is 0.488. The van der Waals surface area contributed by atoms with Crippen LogP contribution in [0.2, 0.25) is 0 Å². The van der Waals surface area contributed by atoms with Gasteiger partial charge in [0.2, 0.25) is 0 Å². The molecule has 4 rings (SSSR count). The van der Waals surface area contributed by atoms with Crippen molar-refractivity contribution in [1.82, 2.24) is 9.80 Å². The molecule has 13 nitrogen and oxygen atoms in total. The van der Waals surface area contributed by atoms with E-state index in [-0.39, 0.29) is 68.2 Å². The molecule has 0 aromatic carbocycles. The fourth-order valence-electron chi connectivity index (χ4n) is 10.3. The summed E-state index contributed by atoms with van der Waals surface area (Å²) in [4.78, 5) is 74.6. The van der Waals surface area contributed by atoms with E-state index in [1.54, 1.807) is 4.90 Å². The summed E-state index contributed by atoms with van der Waals surface area (Å²) in [7, 11) is 2.14. The Labute approximate surface area is 512 Å². The molecule has 0 bridgehead atoms. The molecule has 462 valence electrons. The van der Waals surface area contributed by atoms with Gasteiger partial charge in [-0.3, -0.25) is 24.0 Å². The van der Waals surface area contributed by atoms with Gasteiger partial charge in [0.1, 0.15) is 5.78 Å². The molecule has 1 amide bonds. The van der Waals surface area contributed by atoms with Crippen LogP contribution >= 0.6 is 0 Å². The number of Topliss-reactive ketones (excluding diaryl/α,β-unsaturated/α-hetero) is 1. The van der Waals surface area contributed by atoms with Crippen LogP contribution in [0.25, 0.3) is 0 Å². The molecule has 2 heterocycles.